The molecule has 0 aliphatic carbocycles. The van der Waals surface area contributed by atoms with Crippen molar-refractivity contribution in [3.63, 3.8) is 0 Å². The van der Waals surface area contributed by atoms with E-state index in [4.69, 9.17) is 16.3 Å². The number of imidazole rings is 1. The molecule has 1 N–H and O–H groups in total. The number of ether oxygens (including phenoxy) is 1. The summed E-state index contributed by atoms with van der Waals surface area (Å²) in [6.45, 7) is 2.35. The Balaban J connectivity index is 2.02. The fourth-order valence-electron chi connectivity index (χ4n) is 1.25. The minimum atomic E-state index is 0.400. The summed E-state index contributed by atoms with van der Waals surface area (Å²) in [5.41, 5.74) is 1.02. The first-order valence-electron chi connectivity index (χ1n) is 4.63. The molecular weight excluding hydrogens is 212 g/mol. The van der Waals surface area contributed by atoms with Gasteiger partial charge < -0.3 is 9.72 Å². The summed E-state index contributed by atoms with van der Waals surface area (Å²) in [5, 5.41) is 0.612. The van der Waals surface area contributed by atoms with E-state index in [1.807, 2.05) is 25.1 Å². The zero-order valence-corrected chi connectivity index (χ0v) is 9.08. The highest BCUT2D eigenvalue weighted by Gasteiger charge is 2.02. The number of halogens is 1. The number of benzene rings is 1. The Morgan fingerprint density at radius 3 is 2.87 bits per heavy atom. The van der Waals surface area contributed by atoms with Crippen molar-refractivity contribution in [3.05, 3.63) is 47.0 Å². The van der Waals surface area contributed by atoms with Crippen LogP contribution in [-0.4, -0.2) is 9.97 Å². The van der Waals surface area contributed by atoms with E-state index in [9.17, 15) is 0 Å². The van der Waals surface area contributed by atoms with E-state index >= 15 is 0 Å². The van der Waals surface area contributed by atoms with Gasteiger partial charge in [-0.2, -0.15) is 0 Å². The van der Waals surface area contributed by atoms with Crippen molar-refractivity contribution in [1.29, 1.82) is 0 Å². The number of rotatable bonds is 3. The molecule has 0 atom stereocenters. The van der Waals surface area contributed by atoms with Crippen LogP contribution in [0.15, 0.2) is 30.5 Å². The van der Waals surface area contributed by atoms with Gasteiger partial charge in [0.2, 0.25) is 0 Å². The molecule has 2 aromatic rings. The summed E-state index contributed by atoms with van der Waals surface area (Å²) in [7, 11) is 0. The van der Waals surface area contributed by atoms with Gasteiger partial charge in [-0.15, -0.1) is 0 Å². The van der Waals surface area contributed by atoms with E-state index in [1.165, 1.54) is 0 Å². The number of para-hydroxylation sites is 1. The van der Waals surface area contributed by atoms with Crippen LogP contribution >= 0.6 is 11.6 Å². The number of nitrogens with one attached hydrogen (secondary N) is 1. The smallest absolute Gasteiger partial charge is 0.146 e. The summed E-state index contributed by atoms with van der Waals surface area (Å²) in [6.07, 6.45) is 1.77. The molecule has 0 radical (unpaired) electrons. The molecule has 0 aliphatic rings. The Morgan fingerprint density at radius 2 is 2.20 bits per heavy atom. The SMILES string of the molecule is Cc1cnc(COc2ccccc2Cl)[nH]1. The molecule has 0 saturated heterocycles. The standard InChI is InChI=1S/C11H11ClN2O/c1-8-6-13-11(14-8)7-15-10-5-3-2-4-9(10)12/h2-6H,7H2,1H3,(H,13,14). The first kappa shape index (κ1) is 10.1. The van der Waals surface area contributed by atoms with Crippen LogP contribution in [0, 0.1) is 6.92 Å². The van der Waals surface area contributed by atoms with Crippen LogP contribution in [0.1, 0.15) is 11.5 Å². The fraction of sp³-hybridized carbons (Fsp3) is 0.182. The molecule has 1 heterocycles. The van der Waals surface area contributed by atoms with Crippen molar-refractivity contribution in [1.82, 2.24) is 9.97 Å². The van der Waals surface area contributed by atoms with Crippen LogP contribution < -0.4 is 4.74 Å². The molecule has 0 fully saturated rings. The van der Waals surface area contributed by atoms with Gasteiger partial charge in [0.25, 0.3) is 0 Å². The summed E-state index contributed by atoms with van der Waals surface area (Å²) < 4.78 is 5.51. The molecular formula is C11H11ClN2O. The van der Waals surface area contributed by atoms with Crippen molar-refractivity contribution >= 4 is 11.6 Å². The van der Waals surface area contributed by atoms with Crippen LogP contribution in [0.25, 0.3) is 0 Å². The number of aryl methyl sites for hydroxylation is 1. The van der Waals surface area contributed by atoms with Crippen LogP contribution in [0.4, 0.5) is 0 Å². The van der Waals surface area contributed by atoms with Gasteiger partial charge in [-0.25, -0.2) is 4.98 Å². The molecule has 1 aromatic carbocycles. The lowest BCUT2D eigenvalue weighted by Crippen LogP contribution is -1.97. The highest BCUT2D eigenvalue weighted by atomic mass is 35.5. The van der Waals surface area contributed by atoms with Crippen molar-refractivity contribution < 1.29 is 4.74 Å². The highest BCUT2D eigenvalue weighted by molar-refractivity contribution is 6.32. The second-order valence-corrected chi connectivity index (χ2v) is 3.64. The second-order valence-electron chi connectivity index (χ2n) is 3.23. The summed E-state index contributed by atoms with van der Waals surface area (Å²) >= 11 is 5.94. The molecule has 0 amide bonds. The number of hydrogen-bond acceptors (Lipinski definition) is 2. The van der Waals surface area contributed by atoms with Crippen LogP contribution in [0.5, 0.6) is 5.75 Å². The maximum atomic E-state index is 5.94. The van der Waals surface area contributed by atoms with Gasteiger partial charge in [0.15, 0.2) is 0 Å². The molecule has 3 nitrogen and oxygen atoms in total. The molecule has 1 aromatic heterocycles. The Bertz CT molecular complexity index is 453. The van der Waals surface area contributed by atoms with Crippen molar-refractivity contribution in [3.8, 4) is 5.75 Å². The Labute approximate surface area is 93.1 Å². The summed E-state index contributed by atoms with van der Waals surface area (Å²) in [6, 6.07) is 7.38. The van der Waals surface area contributed by atoms with Crippen molar-refractivity contribution in [2.24, 2.45) is 0 Å². The third-order valence-corrected chi connectivity index (χ3v) is 2.27. The highest BCUT2D eigenvalue weighted by Crippen LogP contribution is 2.23. The Hall–Kier alpha value is -1.48. The van der Waals surface area contributed by atoms with Crippen LogP contribution in [0.2, 0.25) is 5.02 Å². The van der Waals surface area contributed by atoms with Gasteiger partial charge in [0.1, 0.15) is 18.2 Å². The fourth-order valence-corrected chi connectivity index (χ4v) is 1.44. The molecule has 0 aliphatic heterocycles. The van der Waals surface area contributed by atoms with Gasteiger partial charge in [0, 0.05) is 11.9 Å². The molecule has 15 heavy (non-hydrogen) atoms. The Morgan fingerprint density at radius 1 is 1.40 bits per heavy atom. The third kappa shape index (κ3) is 2.50. The zero-order chi connectivity index (χ0) is 10.7. The topological polar surface area (TPSA) is 37.9 Å². The van der Waals surface area contributed by atoms with E-state index in [1.54, 1.807) is 12.3 Å². The zero-order valence-electron chi connectivity index (χ0n) is 8.33. The summed E-state index contributed by atoms with van der Waals surface area (Å²) in [5.74, 6) is 1.47. The maximum absolute atomic E-state index is 5.94. The van der Waals surface area contributed by atoms with Gasteiger partial charge in [-0.3, -0.25) is 0 Å². The molecule has 0 saturated carbocycles. The molecule has 0 bridgehead atoms. The number of nitrogens with zero attached hydrogens (tertiary/aromatic N) is 1. The second kappa shape index (κ2) is 4.36. The van der Waals surface area contributed by atoms with E-state index in [-0.39, 0.29) is 0 Å². The molecule has 78 valence electrons. The maximum Gasteiger partial charge on any atom is 0.146 e. The van der Waals surface area contributed by atoms with Crippen LogP contribution in [0.3, 0.4) is 0 Å². The van der Waals surface area contributed by atoms with Gasteiger partial charge >= 0.3 is 0 Å². The van der Waals surface area contributed by atoms with Crippen molar-refractivity contribution in [2.45, 2.75) is 13.5 Å². The number of hydrogen-bond donors (Lipinski definition) is 1. The quantitative estimate of drug-likeness (QED) is 0.867. The predicted octanol–water partition coefficient (Wildman–Crippen LogP) is 2.95. The van der Waals surface area contributed by atoms with E-state index < -0.39 is 0 Å². The molecule has 2 rings (SSSR count). The predicted molar refractivity (Wildman–Crippen MR) is 59.1 cm³/mol. The molecule has 0 spiro atoms. The monoisotopic (exact) mass is 222 g/mol. The minimum absolute atomic E-state index is 0.400. The third-order valence-electron chi connectivity index (χ3n) is 1.96. The lowest BCUT2D eigenvalue weighted by atomic mass is 10.3. The lowest BCUT2D eigenvalue weighted by molar-refractivity contribution is 0.297. The largest absolute Gasteiger partial charge is 0.484 e. The first-order chi connectivity index (χ1) is 7.25. The molecule has 0 unspecified atom stereocenters. The van der Waals surface area contributed by atoms with E-state index in [0.29, 0.717) is 17.4 Å². The molecule has 4 heteroatoms. The van der Waals surface area contributed by atoms with Crippen LogP contribution in [-0.2, 0) is 6.61 Å². The summed E-state index contributed by atoms with van der Waals surface area (Å²) in [4.78, 5) is 7.22. The number of aromatic amines is 1. The van der Waals surface area contributed by atoms with Gasteiger partial charge in [-0.1, -0.05) is 23.7 Å². The Kier molecular flexibility index (Phi) is 2.92. The van der Waals surface area contributed by atoms with Gasteiger partial charge in [0.05, 0.1) is 5.02 Å². The number of aromatic nitrogens is 2. The van der Waals surface area contributed by atoms with E-state index in [0.717, 1.165) is 11.5 Å². The average molecular weight is 223 g/mol. The first-order valence-corrected chi connectivity index (χ1v) is 5.01. The minimum Gasteiger partial charge on any atom is -0.484 e. The lowest BCUT2D eigenvalue weighted by Gasteiger charge is -2.05. The number of H-pyrrole nitrogens is 1. The average Bonchev–Trinajstić information content (AvgIpc) is 2.63. The van der Waals surface area contributed by atoms with Gasteiger partial charge in [-0.05, 0) is 19.1 Å². The van der Waals surface area contributed by atoms with Crippen molar-refractivity contribution in [2.75, 3.05) is 0 Å². The normalized spacial score (nSPS) is 10.3. The van der Waals surface area contributed by atoms with E-state index in [2.05, 4.69) is 9.97 Å².